The average molecular weight is 310 g/mol. The van der Waals surface area contributed by atoms with Crippen LogP contribution in [0.3, 0.4) is 0 Å². The van der Waals surface area contributed by atoms with Crippen LogP contribution in [-0.4, -0.2) is 25.0 Å². The van der Waals surface area contributed by atoms with Gasteiger partial charge in [-0.3, -0.25) is 9.59 Å². The van der Waals surface area contributed by atoms with Crippen LogP contribution in [0.5, 0.6) is 5.75 Å². The molecular formula is C18H18N2O3. The first kappa shape index (κ1) is 15.1. The van der Waals surface area contributed by atoms with Gasteiger partial charge in [0.05, 0.1) is 5.69 Å². The van der Waals surface area contributed by atoms with Gasteiger partial charge in [-0.15, -0.1) is 0 Å². The molecule has 0 unspecified atom stereocenters. The van der Waals surface area contributed by atoms with Gasteiger partial charge in [-0.2, -0.15) is 0 Å². The van der Waals surface area contributed by atoms with Gasteiger partial charge in [0.1, 0.15) is 5.75 Å². The Morgan fingerprint density at radius 2 is 2.04 bits per heavy atom. The van der Waals surface area contributed by atoms with Crippen LogP contribution in [0.1, 0.15) is 12.0 Å². The first-order chi connectivity index (χ1) is 11.1. The number of benzene rings is 2. The van der Waals surface area contributed by atoms with Crippen molar-refractivity contribution in [3.8, 4) is 5.75 Å². The van der Waals surface area contributed by atoms with E-state index in [1.54, 1.807) is 4.90 Å². The normalized spacial score (nSPS) is 13.3. The van der Waals surface area contributed by atoms with Crippen LogP contribution >= 0.6 is 0 Å². The fraction of sp³-hybridized carbons (Fsp3) is 0.222. The van der Waals surface area contributed by atoms with E-state index in [-0.39, 0.29) is 24.8 Å². The van der Waals surface area contributed by atoms with E-state index in [0.717, 1.165) is 11.3 Å². The summed E-state index contributed by atoms with van der Waals surface area (Å²) in [6.07, 6.45) is 0.230. The number of anilines is 2. The maximum Gasteiger partial charge on any atom is 0.265 e. The van der Waals surface area contributed by atoms with Gasteiger partial charge in [0.2, 0.25) is 5.91 Å². The molecule has 0 atom stereocenters. The second kappa shape index (κ2) is 6.52. The predicted molar refractivity (Wildman–Crippen MR) is 88.7 cm³/mol. The van der Waals surface area contributed by atoms with Crippen molar-refractivity contribution in [2.24, 2.45) is 0 Å². The van der Waals surface area contributed by atoms with Crippen molar-refractivity contribution in [3.63, 3.8) is 0 Å². The predicted octanol–water partition coefficient (Wildman–Crippen LogP) is 2.75. The molecule has 0 radical (unpaired) electrons. The molecular weight excluding hydrogens is 292 g/mol. The molecule has 2 aromatic rings. The van der Waals surface area contributed by atoms with Crippen molar-refractivity contribution in [2.75, 3.05) is 23.4 Å². The van der Waals surface area contributed by atoms with Crippen LogP contribution in [0.25, 0.3) is 0 Å². The number of hydrogen-bond donors (Lipinski definition) is 1. The molecule has 3 rings (SSSR count). The van der Waals surface area contributed by atoms with E-state index in [2.05, 4.69) is 5.32 Å². The van der Waals surface area contributed by atoms with E-state index < -0.39 is 0 Å². The number of fused-ring (bicyclic) bond motifs is 1. The highest BCUT2D eigenvalue weighted by molar-refractivity contribution is 5.99. The number of ether oxygens (including phenoxy) is 1. The Morgan fingerprint density at radius 1 is 1.22 bits per heavy atom. The number of aryl methyl sites for hydroxylation is 1. The lowest BCUT2D eigenvalue weighted by Crippen LogP contribution is -2.40. The molecule has 118 valence electrons. The lowest BCUT2D eigenvalue weighted by Gasteiger charge is -2.29. The van der Waals surface area contributed by atoms with Crippen LogP contribution in [0.2, 0.25) is 0 Å². The van der Waals surface area contributed by atoms with Crippen molar-refractivity contribution < 1.29 is 14.3 Å². The molecule has 1 N–H and O–H groups in total. The Hall–Kier alpha value is -2.82. The van der Waals surface area contributed by atoms with Gasteiger partial charge in [0.25, 0.3) is 5.91 Å². The lowest BCUT2D eigenvalue weighted by molar-refractivity contribution is -0.121. The maximum absolute atomic E-state index is 12.1. The van der Waals surface area contributed by atoms with Crippen LogP contribution in [0.15, 0.2) is 48.5 Å². The second-order valence-electron chi connectivity index (χ2n) is 5.47. The molecule has 2 amide bonds. The van der Waals surface area contributed by atoms with Gasteiger partial charge in [-0.05, 0) is 36.8 Å². The van der Waals surface area contributed by atoms with Crippen LogP contribution in [0, 0.1) is 6.92 Å². The fourth-order valence-corrected chi connectivity index (χ4v) is 2.56. The topological polar surface area (TPSA) is 58.6 Å². The zero-order chi connectivity index (χ0) is 16.2. The Kier molecular flexibility index (Phi) is 4.28. The highest BCUT2D eigenvalue weighted by atomic mass is 16.5. The van der Waals surface area contributed by atoms with Gasteiger partial charge < -0.3 is 15.0 Å². The number of para-hydroxylation sites is 2. The summed E-state index contributed by atoms with van der Waals surface area (Å²) in [5.41, 5.74) is 2.57. The highest BCUT2D eigenvalue weighted by Gasteiger charge is 2.25. The summed E-state index contributed by atoms with van der Waals surface area (Å²) in [4.78, 5) is 25.8. The van der Waals surface area contributed by atoms with Crippen LogP contribution < -0.4 is 15.0 Å². The molecule has 0 saturated heterocycles. The van der Waals surface area contributed by atoms with E-state index in [1.807, 2.05) is 55.5 Å². The number of amides is 2. The molecule has 1 aliphatic heterocycles. The molecule has 0 aliphatic carbocycles. The van der Waals surface area contributed by atoms with E-state index in [1.165, 1.54) is 0 Å². The third kappa shape index (κ3) is 3.51. The van der Waals surface area contributed by atoms with E-state index in [0.29, 0.717) is 18.0 Å². The Morgan fingerprint density at radius 3 is 2.87 bits per heavy atom. The van der Waals surface area contributed by atoms with Crippen molar-refractivity contribution in [3.05, 3.63) is 54.1 Å². The highest BCUT2D eigenvalue weighted by Crippen LogP contribution is 2.31. The summed E-state index contributed by atoms with van der Waals surface area (Å²) in [5, 5.41) is 2.85. The van der Waals surface area contributed by atoms with E-state index in [9.17, 15) is 9.59 Å². The number of carbonyl (C=O) groups is 2. The van der Waals surface area contributed by atoms with E-state index >= 15 is 0 Å². The molecule has 0 spiro atoms. The summed E-state index contributed by atoms with van der Waals surface area (Å²) >= 11 is 0. The average Bonchev–Trinajstić information content (AvgIpc) is 2.54. The molecule has 2 aromatic carbocycles. The Bertz CT molecular complexity index is 743. The van der Waals surface area contributed by atoms with Crippen molar-refractivity contribution in [2.45, 2.75) is 13.3 Å². The summed E-state index contributed by atoms with van der Waals surface area (Å²) < 4.78 is 5.39. The maximum atomic E-state index is 12.1. The number of nitrogens with zero attached hydrogens (tertiary/aromatic N) is 1. The standard InChI is InChI=1S/C18H18N2O3/c1-13-5-4-6-14(11-13)19-17(21)9-10-20-15-7-2-3-8-16(15)23-12-18(20)22/h2-8,11H,9-10,12H2,1H3,(H,19,21). The number of nitrogens with one attached hydrogen (secondary N) is 1. The van der Waals surface area contributed by atoms with E-state index in [4.69, 9.17) is 4.74 Å². The first-order valence-corrected chi connectivity index (χ1v) is 7.52. The molecule has 0 saturated carbocycles. The van der Waals surface area contributed by atoms with Crippen molar-refractivity contribution in [1.82, 2.24) is 0 Å². The second-order valence-corrected chi connectivity index (χ2v) is 5.47. The third-order valence-electron chi connectivity index (χ3n) is 3.67. The van der Waals surface area contributed by atoms with Crippen LogP contribution in [0.4, 0.5) is 11.4 Å². The van der Waals surface area contributed by atoms with Gasteiger partial charge in [-0.1, -0.05) is 24.3 Å². The summed E-state index contributed by atoms with van der Waals surface area (Å²) in [5.74, 6) is 0.422. The van der Waals surface area contributed by atoms with Gasteiger partial charge in [0.15, 0.2) is 6.61 Å². The smallest absolute Gasteiger partial charge is 0.265 e. The summed E-state index contributed by atoms with van der Waals surface area (Å²) in [6, 6.07) is 15.0. The molecule has 23 heavy (non-hydrogen) atoms. The SMILES string of the molecule is Cc1cccc(NC(=O)CCN2C(=O)COc3ccccc32)c1. The molecule has 5 nitrogen and oxygen atoms in total. The minimum absolute atomic E-state index is 0.0104. The first-order valence-electron chi connectivity index (χ1n) is 7.52. The van der Waals surface area contributed by atoms with Crippen molar-refractivity contribution in [1.29, 1.82) is 0 Å². The molecule has 5 heteroatoms. The zero-order valence-corrected chi connectivity index (χ0v) is 12.9. The molecule has 0 aromatic heterocycles. The number of hydrogen-bond acceptors (Lipinski definition) is 3. The van der Waals surface area contributed by atoms with Crippen molar-refractivity contribution >= 4 is 23.2 Å². The zero-order valence-electron chi connectivity index (χ0n) is 12.9. The number of rotatable bonds is 4. The monoisotopic (exact) mass is 310 g/mol. The Balaban J connectivity index is 1.64. The molecule has 1 aliphatic rings. The summed E-state index contributed by atoms with van der Waals surface area (Å²) in [6.45, 7) is 2.31. The van der Waals surface area contributed by atoms with Gasteiger partial charge in [0, 0.05) is 18.7 Å². The Labute approximate surface area is 134 Å². The quantitative estimate of drug-likeness (QED) is 0.944. The summed E-state index contributed by atoms with van der Waals surface area (Å²) in [7, 11) is 0. The molecule has 1 heterocycles. The largest absolute Gasteiger partial charge is 0.482 e. The van der Waals surface area contributed by atoms with Gasteiger partial charge >= 0.3 is 0 Å². The van der Waals surface area contributed by atoms with Gasteiger partial charge in [-0.25, -0.2) is 0 Å². The minimum Gasteiger partial charge on any atom is -0.482 e. The lowest BCUT2D eigenvalue weighted by atomic mass is 10.2. The fourth-order valence-electron chi connectivity index (χ4n) is 2.56. The van der Waals surface area contributed by atoms with Crippen LogP contribution in [-0.2, 0) is 9.59 Å². The molecule has 0 fully saturated rings. The minimum atomic E-state index is -0.132. The number of carbonyl (C=O) groups excluding carboxylic acids is 2. The molecule has 0 bridgehead atoms. The third-order valence-corrected chi connectivity index (χ3v) is 3.67.